The van der Waals surface area contributed by atoms with E-state index in [2.05, 4.69) is 9.97 Å². The molecule has 0 aliphatic heterocycles. The van der Waals surface area contributed by atoms with Crippen molar-refractivity contribution in [3.63, 3.8) is 0 Å². The molecule has 1 aromatic carbocycles. The summed E-state index contributed by atoms with van der Waals surface area (Å²) in [5, 5.41) is 8.86. The van der Waals surface area contributed by atoms with Gasteiger partial charge in [0, 0.05) is 13.6 Å². The minimum Gasteiger partial charge on any atom is -0.476 e. The maximum Gasteiger partial charge on any atom is 0.416 e. The van der Waals surface area contributed by atoms with E-state index in [-0.39, 0.29) is 18.1 Å². The number of benzene rings is 1. The SMILES string of the molecule is CN(Cc1cccc(C(F)(F)F)c1)c1cncc(C(=O)O)n1. The van der Waals surface area contributed by atoms with Crippen molar-refractivity contribution in [2.24, 2.45) is 0 Å². The molecule has 1 aromatic heterocycles. The lowest BCUT2D eigenvalue weighted by Gasteiger charge is -2.18. The molecule has 5 nitrogen and oxygen atoms in total. The van der Waals surface area contributed by atoms with Crippen molar-refractivity contribution >= 4 is 11.8 Å². The van der Waals surface area contributed by atoms with Crippen LogP contribution in [0.3, 0.4) is 0 Å². The van der Waals surface area contributed by atoms with Crippen LogP contribution in [0.15, 0.2) is 36.7 Å². The Morgan fingerprint density at radius 3 is 2.68 bits per heavy atom. The number of alkyl halides is 3. The second-order valence-electron chi connectivity index (χ2n) is 4.62. The number of halogens is 3. The Labute approximate surface area is 124 Å². The van der Waals surface area contributed by atoms with Crippen LogP contribution in [0.1, 0.15) is 21.6 Å². The minimum atomic E-state index is -4.41. The predicted molar refractivity (Wildman–Crippen MR) is 72.5 cm³/mol. The molecule has 1 N–H and O–H groups in total. The summed E-state index contributed by atoms with van der Waals surface area (Å²) in [6, 6.07) is 4.92. The molecule has 0 aliphatic rings. The van der Waals surface area contributed by atoms with Crippen LogP contribution in [0.4, 0.5) is 19.0 Å². The Morgan fingerprint density at radius 1 is 1.32 bits per heavy atom. The molecule has 0 radical (unpaired) electrons. The van der Waals surface area contributed by atoms with Gasteiger partial charge in [-0.25, -0.2) is 9.78 Å². The van der Waals surface area contributed by atoms with E-state index in [1.165, 1.54) is 17.2 Å². The number of rotatable bonds is 4. The van der Waals surface area contributed by atoms with Gasteiger partial charge in [-0.1, -0.05) is 12.1 Å². The molecular formula is C14H12F3N3O2. The average molecular weight is 311 g/mol. The number of aromatic nitrogens is 2. The first-order valence-corrected chi connectivity index (χ1v) is 6.20. The summed E-state index contributed by atoms with van der Waals surface area (Å²) in [5.74, 6) is -0.959. The Balaban J connectivity index is 2.20. The lowest BCUT2D eigenvalue weighted by molar-refractivity contribution is -0.137. The molecule has 2 rings (SSSR count). The Hall–Kier alpha value is -2.64. The van der Waals surface area contributed by atoms with Gasteiger partial charge in [-0.05, 0) is 17.7 Å². The fourth-order valence-electron chi connectivity index (χ4n) is 1.84. The van der Waals surface area contributed by atoms with E-state index >= 15 is 0 Å². The molecular weight excluding hydrogens is 299 g/mol. The fourth-order valence-corrected chi connectivity index (χ4v) is 1.84. The van der Waals surface area contributed by atoms with E-state index in [1.807, 2.05) is 0 Å². The van der Waals surface area contributed by atoms with Crippen LogP contribution < -0.4 is 4.90 Å². The molecule has 0 amide bonds. The molecule has 0 fully saturated rings. The number of hydrogen-bond donors (Lipinski definition) is 1. The van der Waals surface area contributed by atoms with E-state index in [0.29, 0.717) is 5.56 Å². The highest BCUT2D eigenvalue weighted by molar-refractivity contribution is 5.85. The van der Waals surface area contributed by atoms with Crippen molar-refractivity contribution in [3.8, 4) is 0 Å². The monoisotopic (exact) mass is 311 g/mol. The van der Waals surface area contributed by atoms with Gasteiger partial charge in [-0.2, -0.15) is 13.2 Å². The molecule has 1 heterocycles. The number of carboxylic acids is 1. The molecule has 0 aliphatic carbocycles. The van der Waals surface area contributed by atoms with Gasteiger partial charge in [-0.15, -0.1) is 0 Å². The Bertz CT molecular complexity index is 689. The van der Waals surface area contributed by atoms with Crippen molar-refractivity contribution in [2.75, 3.05) is 11.9 Å². The highest BCUT2D eigenvalue weighted by Crippen LogP contribution is 2.29. The summed E-state index contributed by atoms with van der Waals surface area (Å²) in [6.45, 7) is 0.141. The third kappa shape index (κ3) is 3.72. The predicted octanol–water partition coefficient (Wildman–Crippen LogP) is 2.83. The van der Waals surface area contributed by atoms with Crippen LogP contribution in [0.25, 0.3) is 0 Å². The van der Waals surface area contributed by atoms with Crippen molar-refractivity contribution in [1.82, 2.24) is 9.97 Å². The molecule has 116 valence electrons. The van der Waals surface area contributed by atoms with Crippen molar-refractivity contribution in [2.45, 2.75) is 12.7 Å². The van der Waals surface area contributed by atoms with Gasteiger partial charge in [-0.3, -0.25) is 4.98 Å². The zero-order chi connectivity index (χ0) is 16.3. The second-order valence-corrected chi connectivity index (χ2v) is 4.62. The quantitative estimate of drug-likeness (QED) is 0.940. The highest BCUT2D eigenvalue weighted by Gasteiger charge is 2.30. The molecule has 2 aromatic rings. The average Bonchev–Trinajstić information content (AvgIpc) is 2.46. The second kappa shape index (κ2) is 6.00. The lowest BCUT2D eigenvalue weighted by Crippen LogP contribution is -2.19. The molecule has 0 spiro atoms. The number of hydrogen-bond acceptors (Lipinski definition) is 4. The lowest BCUT2D eigenvalue weighted by atomic mass is 10.1. The van der Waals surface area contributed by atoms with Gasteiger partial charge < -0.3 is 10.0 Å². The molecule has 0 saturated carbocycles. The van der Waals surface area contributed by atoms with Crippen LogP contribution in [0, 0.1) is 0 Å². The van der Waals surface area contributed by atoms with Crippen LogP contribution in [-0.2, 0) is 12.7 Å². The summed E-state index contributed by atoms with van der Waals surface area (Å²) in [7, 11) is 1.59. The van der Waals surface area contributed by atoms with Crippen molar-refractivity contribution < 1.29 is 23.1 Å². The topological polar surface area (TPSA) is 66.3 Å². The van der Waals surface area contributed by atoms with Crippen LogP contribution >= 0.6 is 0 Å². The van der Waals surface area contributed by atoms with Gasteiger partial charge in [0.2, 0.25) is 0 Å². The van der Waals surface area contributed by atoms with Gasteiger partial charge >= 0.3 is 12.1 Å². The summed E-state index contributed by atoms with van der Waals surface area (Å²) < 4.78 is 38.0. The van der Waals surface area contributed by atoms with E-state index in [0.717, 1.165) is 18.3 Å². The summed E-state index contributed by atoms with van der Waals surface area (Å²) in [6.07, 6.45) is -1.96. The Morgan fingerprint density at radius 2 is 2.05 bits per heavy atom. The van der Waals surface area contributed by atoms with E-state index in [4.69, 9.17) is 5.11 Å². The maximum atomic E-state index is 12.7. The minimum absolute atomic E-state index is 0.141. The molecule has 0 atom stereocenters. The highest BCUT2D eigenvalue weighted by atomic mass is 19.4. The van der Waals surface area contributed by atoms with Gasteiger partial charge in [0.05, 0.1) is 18.0 Å². The van der Waals surface area contributed by atoms with Crippen molar-refractivity contribution in [1.29, 1.82) is 0 Å². The van der Waals surface area contributed by atoms with Crippen LogP contribution in [0.5, 0.6) is 0 Å². The van der Waals surface area contributed by atoms with Gasteiger partial charge in [0.1, 0.15) is 5.82 Å². The van der Waals surface area contributed by atoms with Gasteiger partial charge in [0.15, 0.2) is 5.69 Å². The maximum absolute atomic E-state index is 12.7. The van der Waals surface area contributed by atoms with Gasteiger partial charge in [0.25, 0.3) is 0 Å². The van der Waals surface area contributed by atoms with E-state index < -0.39 is 17.7 Å². The first kappa shape index (κ1) is 15.7. The first-order valence-electron chi connectivity index (χ1n) is 6.20. The van der Waals surface area contributed by atoms with E-state index in [1.54, 1.807) is 13.1 Å². The molecule has 0 unspecified atom stereocenters. The standard InChI is InChI=1S/C14H12F3N3O2/c1-20(12-7-18-6-11(19-12)13(21)22)8-9-3-2-4-10(5-9)14(15,16)17/h2-7H,8H2,1H3,(H,21,22). The molecule has 22 heavy (non-hydrogen) atoms. The molecule has 0 bridgehead atoms. The fraction of sp³-hybridized carbons (Fsp3) is 0.214. The third-order valence-electron chi connectivity index (χ3n) is 2.91. The van der Waals surface area contributed by atoms with Crippen LogP contribution in [-0.4, -0.2) is 28.1 Å². The van der Waals surface area contributed by atoms with Crippen molar-refractivity contribution in [3.05, 3.63) is 53.5 Å². The Kier molecular flexibility index (Phi) is 4.30. The van der Waals surface area contributed by atoms with Crippen LogP contribution in [0.2, 0.25) is 0 Å². The first-order chi connectivity index (χ1) is 10.3. The molecule has 8 heteroatoms. The third-order valence-corrected chi connectivity index (χ3v) is 2.91. The number of nitrogens with zero attached hydrogens (tertiary/aromatic N) is 3. The summed E-state index contributed by atoms with van der Waals surface area (Å²) in [5.41, 5.74) is -0.531. The summed E-state index contributed by atoms with van der Waals surface area (Å²) in [4.78, 5) is 20.0. The zero-order valence-electron chi connectivity index (χ0n) is 11.5. The smallest absolute Gasteiger partial charge is 0.416 e. The zero-order valence-corrected chi connectivity index (χ0v) is 11.5. The number of anilines is 1. The number of carbonyl (C=O) groups is 1. The van der Waals surface area contributed by atoms with E-state index in [9.17, 15) is 18.0 Å². The molecule has 0 saturated heterocycles. The normalized spacial score (nSPS) is 11.3. The largest absolute Gasteiger partial charge is 0.476 e. The summed E-state index contributed by atoms with van der Waals surface area (Å²) >= 11 is 0. The number of carboxylic acid groups (broad SMARTS) is 1. The number of aromatic carboxylic acids is 1.